The van der Waals surface area contributed by atoms with Gasteiger partial charge in [-0.05, 0) is 75.6 Å². The molecule has 7 nitrogen and oxygen atoms in total. The number of aromatic nitrogens is 3. The lowest BCUT2D eigenvalue weighted by molar-refractivity contribution is -0.121. The first-order chi connectivity index (χ1) is 14.0. The Bertz CT molecular complexity index is 859. The first kappa shape index (κ1) is 21.5. The Balaban J connectivity index is 1.54. The maximum atomic E-state index is 12.4. The summed E-state index contributed by atoms with van der Waals surface area (Å²) in [6.45, 7) is 7.92. The highest BCUT2D eigenvalue weighted by atomic mass is 32.1. The van der Waals surface area contributed by atoms with Gasteiger partial charge in [0, 0.05) is 37.7 Å². The lowest BCUT2D eigenvalue weighted by atomic mass is 9.97. The van der Waals surface area contributed by atoms with Crippen molar-refractivity contribution in [2.24, 2.45) is 5.92 Å². The highest BCUT2D eigenvalue weighted by Gasteiger charge is 2.22. The summed E-state index contributed by atoms with van der Waals surface area (Å²) < 4.78 is 7.59. The van der Waals surface area contributed by atoms with Crippen LogP contribution >= 0.6 is 12.2 Å². The van der Waals surface area contributed by atoms with E-state index < -0.39 is 0 Å². The lowest BCUT2D eigenvalue weighted by Crippen LogP contribution is -2.43. The van der Waals surface area contributed by atoms with Gasteiger partial charge in [-0.3, -0.25) is 14.5 Å². The zero-order chi connectivity index (χ0) is 20.8. The molecule has 1 atom stereocenters. The van der Waals surface area contributed by atoms with E-state index in [9.17, 15) is 4.79 Å². The number of rotatable bonds is 8. The van der Waals surface area contributed by atoms with Crippen molar-refractivity contribution in [1.29, 1.82) is 0 Å². The van der Waals surface area contributed by atoms with Crippen LogP contribution in [0.3, 0.4) is 0 Å². The number of nitrogens with zero attached hydrogens (tertiary/aromatic N) is 3. The molecule has 29 heavy (non-hydrogen) atoms. The smallest absolute Gasteiger partial charge is 0.221 e. The van der Waals surface area contributed by atoms with E-state index in [2.05, 4.69) is 34.3 Å². The molecule has 158 valence electrons. The van der Waals surface area contributed by atoms with Crippen molar-refractivity contribution >= 4 is 18.1 Å². The monoisotopic (exact) mass is 417 g/mol. The first-order valence-corrected chi connectivity index (χ1v) is 10.7. The lowest BCUT2D eigenvalue weighted by Gasteiger charge is -2.35. The van der Waals surface area contributed by atoms with Gasteiger partial charge in [0.05, 0.1) is 7.11 Å². The minimum absolute atomic E-state index is 0.0513. The number of piperidine rings is 1. The number of carbonyl (C=O) groups is 1. The number of hydrogen-bond acceptors (Lipinski definition) is 5. The molecule has 1 unspecified atom stereocenters. The molecule has 2 N–H and O–H groups in total. The van der Waals surface area contributed by atoms with Gasteiger partial charge in [0.1, 0.15) is 5.75 Å². The van der Waals surface area contributed by atoms with Crippen LogP contribution in [0.15, 0.2) is 24.3 Å². The van der Waals surface area contributed by atoms with Gasteiger partial charge in [0.15, 0.2) is 10.6 Å². The number of H-pyrrole nitrogens is 1. The molecular formula is C21H31N5O2S. The van der Waals surface area contributed by atoms with Gasteiger partial charge in [0.25, 0.3) is 0 Å². The van der Waals surface area contributed by atoms with Gasteiger partial charge >= 0.3 is 0 Å². The van der Waals surface area contributed by atoms with E-state index in [1.54, 1.807) is 7.11 Å². The van der Waals surface area contributed by atoms with Crippen LogP contribution < -0.4 is 10.1 Å². The topological polar surface area (TPSA) is 75.2 Å². The summed E-state index contributed by atoms with van der Waals surface area (Å²) >= 11 is 5.36. The molecule has 1 aliphatic rings. The maximum absolute atomic E-state index is 12.4. The fraction of sp³-hybridized carbons (Fsp3) is 0.571. The number of ether oxygens (including phenoxy) is 1. The van der Waals surface area contributed by atoms with Gasteiger partial charge in [-0.1, -0.05) is 0 Å². The Morgan fingerprint density at radius 3 is 2.83 bits per heavy atom. The van der Waals surface area contributed by atoms with Gasteiger partial charge in [0.2, 0.25) is 5.91 Å². The zero-order valence-corrected chi connectivity index (χ0v) is 18.3. The Hall–Kier alpha value is -2.19. The van der Waals surface area contributed by atoms with Crippen LogP contribution in [0.1, 0.15) is 33.1 Å². The van der Waals surface area contributed by atoms with E-state index in [0.717, 1.165) is 36.8 Å². The van der Waals surface area contributed by atoms with Gasteiger partial charge < -0.3 is 15.0 Å². The van der Waals surface area contributed by atoms with Crippen molar-refractivity contribution in [3.05, 3.63) is 29.0 Å². The summed E-state index contributed by atoms with van der Waals surface area (Å²) in [4.78, 5) is 14.9. The van der Waals surface area contributed by atoms with Crippen molar-refractivity contribution in [3.8, 4) is 17.1 Å². The number of amides is 1. The highest BCUT2D eigenvalue weighted by molar-refractivity contribution is 7.71. The summed E-state index contributed by atoms with van der Waals surface area (Å²) in [5.74, 6) is 2.09. The van der Waals surface area contributed by atoms with E-state index in [0.29, 0.717) is 29.7 Å². The molecule has 8 heteroatoms. The predicted octanol–water partition coefficient (Wildman–Crippen LogP) is 3.24. The quantitative estimate of drug-likeness (QED) is 0.645. The second kappa shape index (κ2) is 10.0. The summed E-state index contributed by atoms with van der Waals surface area (Å²) in [7, 11) is 1.64. The Kier molecular flexibility index (Phi) is 7.44. The molecule has 1 aliphatic heterocycles. The molecule has 1 amide bonds. The van der Waals surface area contributed by atoms with Gasteiger partial charge in [-0.2, -0.15) is 5.10 Å². The molecule has 1 saturated heterocycles. The minimum Gasteiger partial charge on any atom is -0.497 e. The van der Waals surface area contributed by atoms with Crippen molar-refractivity contribution in [2.45, 2.75) is 45.7 Å². The van der Waals surface area contributed by atoms with Gasteiger partial charge in [-0.15, -0.1) is 0 Å². The molecular weight excluding hydrogens is 386 g/mol. The molecule has 1 fully saturated rings. The summed E-state index contributed by atoms with van der Waals surface area (Å²) in [6.07, 6.45) is 2.75. The molecule has 2 heterocycles. The third kappa shape index (κ3) is 5.67. The second-order valence-corrected chi connectivity index (χ2v) is 8.27. The normalized spacial score (nSPS) is 17.4. The highest BCUT2D eigenvalue weighted by Crippen LogP contribution is 2.21. The van der Waals surface area contributed by atoms with Crippen molar-refractivity contribution < 1.29 is 9.53 Å². The number of carbonyl (C=O) groups excluding carboxylic acids is 1. The van der Waals surface area contributed by atoms with Crippen LogP contribution in [0, 0.1) is 10.7 Å². The second-order valence-electron chi connectivity index (χ2n) is 7.88. The molecule has 0 aliphatic carbocycles. The van der Waals surface area contributed by atoms with E-state index in [1.165, 1.54) is 12.8 Å². The van der Waals surface area contributed by atoms with Crippen molar-refractivity contribution in [3.63, 3.8) is 0 Å². The van der Waals surface area contributed by atoms with Crippen LogP contribution in [-0.4, -0.2) is 58.4 Å². The molecule has 1 aromatic carbocycles. The third-order valence-corrected chi connectivity index (χ3v) is 5.85. The van der Waals surface area contributed by atoms with Crippen LogP contribution in [0.5, 0.6) is 5.75 Å². The fourth-order valence-electron chi connectivity index (χ4n) is 3.78. The molecule has 2 aromatic rings. The summed E-state index contributed by atoms with van der Waals surface area (Å²) in [5.41, 5.74) is 0.926. The van der Waals surface area contributed by atoms with Crippen LogP contribution in [0.4, 0.5) is 0 Å². The van der Waals surface area contributed by atoms with Gasteiger partial charge in [-0.25, -0.2) is 0 Å². The molecule has 0 saturated carbocycles. The number of benzene rings is 1. The molecule has 0 radical (unpaired) electrons. The standard InChI is InChI=1S/C21H31N5O2S/c1-15(2)25-11-4-5-16(14-25)13-22-19(27)10-12-26-20(23-24-21(26)29)17-6-8-18(28-3)9-7-17/h6-9,15-16H,4-5,10-14H2,1-3H3,(H,22,27)(H,24,29). The summed E-state index contributed by atoms with van der Waals surface area (Å²) in [5, 5.41) is 10.3. The van der Waals surface area contributed by atoms with E-state index >= 15 is 0 Å². The summed E-state index contributed by atoms with van der Waals surface area (Å²) in [6, 6.07) is 8.20. The van der Waals surface area contributed by atoms with E-state index in [1.807, 2.05) is 28.8 Å². The predicted molar refractivity (Wildman–Crippen MR) is 116 cm³/mol. The molecule has 0 spiro atoms. The number of likely N-dealkylation sites (tertiary alicyclic amines) is 1. The van der Waals surface area contributed by atoms with Crippen molar-refractivity contribution in [1.82, 2.24) is 25.0 Å². The Morgan fingerprint density at radius 1 is 1.38 bits per heavy atom. The minimum atomic E-state index is 0.0513. The van der Waals surface area contributed by atoms with Crippen LogP contribution in [-0.2, 0) is 11.3 Å². The average molecular weight is 418 g/mol. The maximum Gasteiger partial charge on any atom is 0.221 e. The Labute approximate surface area is 177 Å². The van der Waals surface area contributed by atoms with Crippen LogP contribution in [0.2, 0.25) is 0 Å². The zero-order valence-electron chi connectivity index (χ0n) is 17.5. The van der Waals surface area contributed by atoms with E-state index in [-0.39, 0.29) is 5.91 Å². The van der Waals surface area contributed by atoms with Crippen LogP contribution in [0.25, 0.3) is 11.4 Å². The fourth-order valence-corrected chi connectivity index (χ4v) is 4.00. The molecule has 1 aromatic heterocycles. The SMILES string of the molecule is COc1ccc(-c2n[nH]c(=S)n2CCC(=O)NCC2CCCN(C(C)C)C2)cc1. The first-order valence-electron chi connectivity index (χ1n) is 10.3. The number of nitrogens with one attached hydrogen (secondary N) is 2. The average Bonchev–Trinajstić information content (AvgIpc) is 3.11. The third-order valence-electron chi connectivity index (χ3n) is 5.54. The number of aromatic amines is 1. The van der Waals surface area contributed by atoms with E-state index in [4.69, 9.17) is 17.0 Å². The number of hydrogen-bond donors (Lipinski definition) is 2. The van der Waals surface area contributed by atoms with Crippen molar-refractivity contribution in [2.75, 3.05) is 26.7 Å². The number of methoxy groups -OCH3 is 1. The molecule has 0 bridgehead atoms. The largest absolute Gasteiger partial charge is 0.497 e. The molecule has 3 rings (SSSR count). The Morgan fingerprint density at radius 2 is 2.14 bits per heavy atom.